The molecule has 0 fully saturated rings. The highest BCUT2D eigenvalue weighted by Gasteiger charge is 2.26. The molecule has 2 heterocycles. The predicted octanol–water partition coefficient (Wildman–Crippen LogP) is 3.96. The largest absolute Gasteiger partial charge is 0.338 e. The predicted molar refractivity (Wildman–Crippen MR) is 95.3 cm³/mol. The van der Waals surface area contributed by atoms with Crippen LogP contribution in [0.5, 0.6) is 0 Å². The normalized spacial score (nSPS) is 12.1. The summed E-state index contributed by atoms with van der Waals surface area (Å²) in [6.45, 7) is 0.583. The summed E-state index contributed by atoms with van der Waals surface area (Å²) in [5.41, 5.74) is 0.931. The molecule has 1 atom stereocenters. The number of carbonyl (C=O) groups excluding carboxylic acids is 1. The summed E-state index contributed by atoms with van der Waals surface area (Å²) in [6.07, 6.45) is 3.52. The molecule has 0 bridgehead atoms. The topological polar surface area (TPSA) is 38.1 Å². The van der Waals surface area contributed by atoms with Gasteiger partial charge in [-0.15, -0.1) is 11.3 Å². The van der Waals surface area contributed by atoms with Crippen molar-refractivity contribution in [2.75, 3.05) is 7.05 Å². The molecule has 0 N–H and O–H groups in total. The van der Waals surface area contributed by atoms with E-state index in [1.165, 1.54) is 0 Å². The Morgan fingerprint density at radius 1 is 1.35 bits per heavy atom. The molecule has 2 aromatic heterocycles. The first-order valence-electron chi connectivity index (χ1n) is 7.17. The zero-order valence-corrected chi connectivity index (χ0v) is 15.0. The molecule has 1 amide bonds. The molecule has 0 aliphatic rings. The lowest BCUT2D eigenvalue weighted by Crippen LogP contribution is -2.34. The van der Waals surface area contributed by atoms with Crippen molar-refractivity contribution in [2.45, 2.75) is 12.6 Å². The maximum Gasteiger partial charge on any atom is 0.252 e. The van der Waals surface area contributed by atoms with Crippen LogP contribution in [0.1, 0.15) is 16.5 Å². The number of hydrogen-bond acceptors (Lipinski definition) is 3. The molecular formula is C17H16BrN3OS. The van der Waals surface area contributed by atoms with Crippen LogP contribution in [-0.2, 0) is 11.3 Å². The van der Waals surface area contributed by atoms with Crippen LogP contribution in [0.15, 0.2) is 64.7 Å². The zero-order chi connectivity index (χ0) is 16.2. The second-order valence-electron chi connectivity index (χ2n) is 5.22. The smallest absolute Gasteiger partial charge is 0.252 e. The van der Waals surface area contributed by atoms with E-state index < -0.39 is 6.04 Å². The Morgan fingerprint density at radius 2 is 2.13 bits per heavy atom. The van der Waals surface area contributed by atoms with E-state index in [2.05, 4.69) is 21.0 Å². The van der Waals surface area contributed by atoms with Gasteiger partial charge in [-0.3, -0.25) is 9.48 Å². The van der Waals surface area contributed by atoms with E-state index in [1.54, 1.807) is 27.1 Å². The van der Waals surface area contributed by atoms with Gasteiger partial charge in [0.1, 0.15) is 0 Å². The van der Waals surface area contributed by atoms with E-state index in [0.29, 0.717) is 6.54 Å². The Hall–Kier alpha value is -1.92. The Kier molecular flexibility index (Phi) is 4.93. The number of benzene rings is 1. The van der Waals surface area contributed by atoms with Gasteiger partial charge in [0.05, 0.1) is 6.54 Å². The number of halogens is 1. The third-order valence-electron chi connectivity index (χ3n) is 3.53. The maximum absolute atomic E-state index is 13.0. The molecule has 0 radical (unpaired) electrons. The first kappa shape index (κ1) is 16.0. The molecule has 1 unspecified atom stereocenters. The molecule has 0 aliphatic heterocycles. The fourth-order valence-electron chi connectivity index (χ4n) is 2.43. The van der Waals surface area contributed by atoms with Crippen molar-refractivity contribution in [3.8, 4) is 0 Å². The highest BCUT2D eigenvalue weighted by molar-refractivity contribution is 9.10. The van der Waals surface area contributed by atoms with E-state index in [1.807, 2.05) is 61.1 Å². The molecule has 3 aromatic rings. The molecule has 3 rings (SSSR count). The molecule has 23 heavy (non-hydrogen) atoms. The Labute approximate surface area is 147 Å². The third kappa shape index (κ3) is 3.71. The summed E-state index contributed by atoms with van der Waals surface area (Å²) in [5, 5.41) is 6.30. The second-order valence-corrected chi connectivity index (χ2v) is 7.14. The van der Waals surface area contributed by atoms with Crippen molar-refractivity contribution >= 4 is 33.2 Å². The summed E-state index contributed by atoms with van der Waals surface area (Å²) in [5.74, 6) is 0.0180. The van der Waals surface area contributed by atoms with Crippen LogP contribution in [0.3, 0.4) is 0 Å². The molecule has 0 saturated carbocycles. The van der Waals surface area contributed by atoms with Crippen LogP contribution >= 0.6 is 27.3 Å². The highest BCUT2D eigenvalue weighted by atomic mass is 79.9. The van der Waals surface area contributed by atoms with E-state index in [9.17, 15) is 4.79 Å². The highest BCUT2D eigenvalue weighted by Crippen LogP contribution is 2.24. The van der Waals surface area contributed by atoms with Gasteiger partial charge >= 0.3 is 0 Å². The molecule has 1 aromatic carbocycles. The van der Waals surface area contributed by atoms with Gasteiger partial charge in [0.15, 0.2) is 6.04 Å². The van der Waals surface area contributed by atoms with Gasteiger partial charge in [-0.2, -0.15) is 5.10 Å². The Bertz CT molecular complexity index is 770. The van der Waals surface area contributed by atoms with Crippen molar-refractivity contribution in [3.63, 3.8) is 0 Å². The number of rotatable bonds is 5. The quantitative estimate of drug-likeness (QED) is 0.662. The first-order chi connectivity index (χ1) is 11.1. The lowest BCUT2D eigenvalue weighted by atomic mass is 10.1. The average Bonchev–Trinajstić information content (AvgIpc) is 3.21. The van der Waals surface area contributed by atoms with Crippen molar-refractivity contribution in [3.05, 3.63) is 75.2 Å². The second kappa shape index (κ2) is 7.10. The minimum atomic E-state index is -0.445. The van der Waals surface area contributed by atoms with Crippen molar-refractivity contribution in [1.29, 1.82) is 0 Å². The van der Waals surface area contributed by atoms with Crippen molar-refractivity contribution in [1.82, 2.24) is 14.7 Å². The number of thiophene rings is 1. The van der Waals surface area contributed by atoms with Crippen LogP contribution in [0.25, 0.3) is 0 Å². The van der Waals surface area contributed by atoms with E-state index in [-0.39, 0.29) is 5.91 Å². The number of nitrogens with zero attached hydrogens (tertiary/aromatic N) is 3. The standard InChI is InChI=1S/C17H16BrN3OS/c1-20(11-15-10-14(18)12-23-15)17(22)16(21-9-5-8-19-21)13-6-3-2-4-7-13/h2-10,12,16H,11H2,1H3. The molecule has 4 nitrogen and oxygen atoms in total. The van der Waals surface area contributed by atoms with Crippen LogP contribution in [0.4, 0.5) is 0 Å². The fraction of sp³-hybridized carbons (Fsp3) is 0.176. The fourth-order valence-corrected chi connectivity index (χ4v) is 3.94. The van der Waals surface area contributed by atoms with E-state index in [0.717, 1.165) is 14.9 Å². The van der Waals surface area contributed by atoms with Crippen LogP contribution < -0.4 is 0 Å². The molecule has 0 saturated heterocycles. The van der Waals surface area contributed by atoms with Gasteiger partial charge < -0.3 is 4.90 Å². The van der Waals surface area contributed by atoms with Gasteiger partial charge in [-0.1, -0.05) is 30.3 Å². The van der Waals surface area contributed by atoms with Gasteiger partial charge in [-0.25, -0.2) is 0 Å². The number of amides is 1. The SMILES string of the molecule is CN(Cc1cc(Br)cs1)C(=O)C(c1ccccc1)n1cccn1. The van der Waals surface area contributed by atoms with Gasteiger partial charge in [0.2, 0.25) is 0 Å². The zero-order valence-electron chi connectivity index (χ0n) is 12.6. The van der Waals surface area contributed by atoms with Crippen LogP contribution in [-0.4, -0.2) is 27.6 Å². The number of likely N-dealkylation sites (N-methyl/N-ethyl adjacent to an activating group) is 1. The Morgan fingerprint density at radius 3 is 2.74 bits per heavy atom. The maximum atomic E-state index is 13.0. The van der Waals surface area contributed by atoms with Crippen LogP contribution in [0.2, 0.25) is 0 Å². The summed E-state index contributed by atoms with van der Waals surface area (Å²) in [7, 11) is 1.83. The monoisotopic (exact) mass is 389 g/mol. The Balaban J connectivity index is 1.86. The lowest BCUT2D eigenvalue weighted by Gasteiger charge is -2.24. The number of aromatic nitrogens is 2. The summed E-state index contributed by atoms with van der Waals surface area (Å²) in [4.78, 5) is 15.9. The van der Waals surface area contributed by atoms with Gasteiger partial charge in [0.25, 0.3) is 5.91 Å². The summed E-state index contributed by atoms with van der Waals surface area (Å²) >= 11 is 5.09. The van der Waals surface area contributed by atoms with Crippen LogP contribution in [0, 0.1) is 0 Å². The first-order valence-corrected chi connectivity index (χ1v) is 8.84. The molecule has 0 spiro atoms. The molecular weight excluding hydrogens is 374 g/mol. The summed E-state index contributed by atoms with van der Waals surface area (Å²) < 4.78 is 2.75. The summed E-state index contributed by atoms with van der Waals surface area (Å²) in [6, 6.07) is 13.2. The minimum absolute atomic E-state index is 0.0180. The van der Waals surface area contributed by atoms with Crippen molar-refractivity contribution in [2.24, 2.45) is 0 Å². The van der Waals surface area contributed by atoms with Gasteiger partial charge in [-0.05, 0) is 33.6 Å². The minimum Gasteiger partial charge on any atom is -0.338 e. The molecule has 0 aliphatic carbocycles. The number of carbonyl (C=O) groups is 1. The van der Waals surface area contributed by atoms with Gasteiger partial charge in [0, 0.05) is 34.2 Å². The number of hydrogen-bond donors (Lipinski definition) is 0. The third-order valence-corrected chi connectivity index (χ3v) is 5.21. The van der Waals surface area contributed by atoms with Crippen molar-refractivity contribution < 1.29 is 4.79 Å². The molecule has 118 valence electrons. The lowest BCUT2D eigenvalue weighted by molar-refractivity contribution is -0.133. The van der Waals surface area contributed by atoms with E-state index >= 15 is 0 Å². The molecule has 6 heteroatoms. The average molecular weight is 390 g/mol. The van der Waals surface area contributed by atoms with E-state index in [4.69, 9.17) is 0 Å².